The molecule has 1 atom stereocenters. The van der Waals surface area contributed by atoms with E-state index in [4.69, 9.17) is 4.74 Å². The molecule has 3 heteroatoms. The third-order valence-electron chi connectivity index (χ3n) is 1.97. The predicted molar refractivity (Wildman–Crippen MR) is 60.0 cm³/mol. The van der Waals surface area contributed by atoms with Crippen molar-refractivity contribution in [1.82, 2.24) is 0 Å². The van der Waals surface area contributed by atoms with Crippen LogP contribution in [0.25, 0.3) is 0 Å². The molecule has 0 bridgehead atoms. The van der Waals surface area contributed by atoms with Crippen LogP contribution < -0.4 is 0 Å². The van der Waals surface area contributed by atoms with Gasteiger partial charge in [-0.3, -0.25) is 9.79 Å². The number of ether oxygens (including phenoxy) is 1. The summed E-state index contributed by atoms with van der Waals surface area (Å²) in [5.74, 6) is -0.284. The van der Waals surface area contributed by atoms with E-state index < -0.39 is 0 Å². The molecule has 1 unspecified atom stereocenters. The highest BCUT2D eigenvalue weighted by Gasteiger charge is 1.99. The Kier molecular flexibility index (Phi) is 4.54. The number of carbonyl (C=O) groups is 1. The lowest BCUT2D eigenvalue weighted by molar-refractivity contribution is -0.139. The lowest BCUT2D eigenvalue weighted by atomic mass is 10.1. The van der Waals surface area contributed by atoms with Crippen molar-refractivity contribution in [3.8, 4) is 0 Å². The Balaban J connectivity index is 2.42. The van der Waals surface area contributed by atoms with Gasteiger partial charge in [-0.1, -0.05) is 30.3 Å². The molecule has 0 aromatic heterocycles. The topological polar surface area (TPSA) is 38.7 Å². The van der Waals surface area contributed by atoms with Crippen molar-refractivity contribution in [3.63, 3.8) is 0 Å². The number of benzene rings is 1. The van der Waals surface area contributed by atoms with E-state index in [1.54, 1.807) is 6.21 Å². The smallest absolute Gasteiger partial charge is 0.302 e. The van der Waals surface area contributed by atoms with Gasteiger partial charge in [-0.05, 0) is 12.5 Å². The first-order valence-electron chi connectivity index (χ1n) is 4.90. The van der Waals surface area contributed by atoms with Crippen LogP contribution in [0, 0.1) is 0 Å². The number of nitrogens with zero attached hydrogens (tertiary/aromatic N) is 1. The molecule has 0 N–H and O–H groups in total. The van der Waals surface area contributed by atoms with Crippen molar-refractivity contribution in [2.24, 2.45) is 4.99 Å². The van der Waals surface area contributed by atoms with Gasteiger partial charge in [0.1, 0.15) is 6.61 Å². The monoisotopic (exact) mass is 205 g/mol. The van der Waals surface area contributed by atoms with Crippen molar-refractivity contribution < 1.29 is 9.53 Å². The van der Waals surface area contributed by atoms with Gasteiger partial charge in [0.05, 0.1) is 6.04 Å². The van der Waals surface area contributed by atoms with Crippen LogP contribution in [0.3, 0.4) is 0 Å². The molecule has 1 aromatic carbocycles. The number of hydrogen-bond donors (Lipinski definition) is 0. The van der Waals surface area contributed by atoms with Gasteiger partial charge in [-0.15, -0.1) is 0 Å². The summed E-state index contributed by atoms with van der Waals surface area (Å²) in [6.07, 6.45) is 1.62. The van der Waals surface area contributed by atoms with Crippen molar-refractivity contribution >= 4 is 12.2 Å². The van der Waals surface area contributed by atoms with Crippen LogP contribution in [-0.4, -0.2) is 18.8 Å². The molecule has 0 aliphatic carbocycles. The van der Waals surface area contributed by atoms with Crippen LogP contribution in [0.5, 0.6) is 0 Å². The molecule has 0 spiro atoms. The number of carbonyl (C=O) groups excluding carboxylic acids is 1. The fraction of sp³-hybridized carbons (Fsp3) is 0.333. The highest BCUT2D eigenvalue weighted by molar-refractivity contribution is 5.69. The second kappa shape index (κ2) is 5.96. The summed E-state index contributed by atoms with van der Waals surface area (Å²) in [6.45, 7) is 3.63. The summed E-state index contributed by atoms with van der Waals surface area (Å²) in [6, 6.07) is 10.1. The van der Waals surface area contributed by atoms with Gasteiger partial charge in [0.2, 0.25) is 0 Å². The Morgan fingerprint density at radius 3 is 2.73 bits per heavy atom. The number of rotatable bonds is 4. The van der Waals surface area contributed by atoms with Gasteiger partial charge in [0.15, 0.2) is 0 Å². The normalized spacial score (nSPS) is 12.7. The molecule has 0 saturated heterocycles. The summed E-state index contributed by atoms with van der Waals surface area (Å²) in [5, 5.41) is 0. The molecule has 1 aromatic rings. The molecule has 0 amide bonds. The zero-order valence-corrected chi connectivity index (χ0v) is 9.01. The molecule has 3 nitrogen and oxygen atoms in total. The molecule has 0 radical (unpaired) electrons. The van der Waals surface area contributed by atoms with Gasteiger partial charge in [0, 0.05) is 13.1 Å². The average Bonchev–Trinajstić information content (AvgIpc) is 2.25. The first-order chi connectivity index (χ1) is 7.20. The molecule has 0 aliphatic heterocycles. The predicted octanol–water partition coefficient (Wildman–Crippen LogP) is 2.38. The van der Waals surface area contributed by atoms with Gasteiger partial charge < -0.3 is 4.74 Å². The highest BCUT2D eigenvalue weighted by Crippen LogP contribution is 2.14. The Bertz CT molecular complexity index is 333. The minimum atomic E-state index is -0.284. The molecule has 0 heterocycles. The molecular weight excluding hydrogens is 190 g/mol. The van der Waals surface area contributed by atoms with Crippen LogP contribution in [0.15, 0.2) is 35.3 Å². The fourth-order valence-corrected chi connectivity index (χ4v) is 1.17. The van der Waals surface area contributed by atoms with Crippen molar-refractivity contribution in [3.05, 3.63) is 35.9 Å². The average molecular weight is 205 g/mol. The van der Waals surface area contributed by atoms with Crippen molar-refractivity contribution in [1.29, 1.82) is 0 Å². The molecule has 0 fully saturated rings. The summed E-state index contributed by atoms with van der Waals surface area (Å²) in [5.41, 5.74) is 1.15. The fourth-order valence-electron chi connectivity index (χ4n) is 1.17. The SMILES string of the molecule is CC(=O)OC/C=N/C(C)c1ccccc1. The minimum Gasteiger partial charge on any atom is -0.460 e. The number of aliphatic imine (C=N–C) groups is 1. The molecule has 1 rings (SSSR count). The van der Waals surface area contributed by atoms with Crippen LogP contribution in [0.1, 0.15) is 25.5 Å². The van der Waals surface area contributed by atoms with Crippen molar-refractivity contribution in [2.75, 3.05) is 6.61 Å². The summed E-state index contributed by atoms with van der Waals surface area (Å²) in [4.78, 5) is 14.7. The van der Waals surface area contributed by atoms with E-state index in [0.717, 1.165) is 5.56 Å². The van der Waals surface area contributed by atoms with Gasteiger partial charge in [-0.2, -0.15) is 0 Å². The first-order valence-corrected chi connectivity index (χ1v) is 4.90. The molecular formula is C12H15NO2. The largest absolute Gasteiger partial charge is 0.460 e. The van der Waals surface area contributed by atoms with Gasteiger partial charge in [0.25, 0.3) is 0 Å². The van der Waals surface area contributed by atoms with E-state index in [1.165, 1.54) is 6.92 Å². The molecule has 80 valence electrons. The van der Waals surface area contributed by atoms with E-state index >= 15 is 0 Å². The van der Waals surface area contributed by atoms with E-state index in [2.05, 4.69) is 4.99 Å². The summed E-state index contributed by atoms with van der Waals surface area (Å²) in [7, 11) is 0. The van der Waals surface area contributed by atoms with E-state index in [9.17, 15) is 4.79 Å². The zero-order valence-electron chi connectivity index (χ0n) is 9.01. The standard InChI is InChI=1S/C12H15NO2/c1-10(12-6-4-3-5-7-12)13-8-9-15-11(2)14/h3-8,10H,9H2,1-2H3/b13-8+. The second-order valence-corrected chi connectivity index (χ2v) is 3.22. The maximum atomic E-state index is 10.5. The Morgan fingerprint density at radius 1 is 1.47 bits per heavy atom. The molecule has 15 heavy (non-hydrogen) atoms. The van der Waals surface area contributed by atoms with E-state index in [-0.39, 0.29) is 18.6 Å². The number of esters is 1. The van der Waals surface area contributed by atoms with Gasteiger partial charge in [-0.25, -0.2) is 0 Å². The highest BCUT2D eigenvalue weighted by atomic mass is 16.5. The van der Waals surface area contributed by atoms with Crippen LogP contribution >= 0.6 is 0 Å². The van der Waals surface area contributed by atoms with Crippen LogP contribution in [0.4, 0.5) is 0 Å². The zero-order chi connectivity index (χ0) is 11.1. The number of hydrogen-bond acceptors (Lipinski definition) is 3. The van der Waals surface area contributed by atoms with Crippen LogP contribution in [0.2, 0.25) is 0 Å². The summed E-state index contributed by atoms with van der Waals surface area (Å²) < 4.78 is 4.74. The maximum Gasteiger partial charge on any atom is 0.302 e. The third kappa shape index (κ3) is 4.40. The molecule has 0 aliphatic rings. The first kappa shape index (κ1) is 11.4. The molecule has 0 saturated carbocycles. The third-order valence-corrected chi connectivity index (χ3v) is 1.97. The Hall–Kier alpha value is -1.64. The second-order valence-electron chi connectivity index (χ2n) is 3.22. The quantitative estimate of drug-likeness (QED) is 0.559. The van der Waals surface area contributed by atoms with Gasteiger partial charge >= 0.3 is 5.97 Å². The summed E-state index contributed by atoms with van der Waals surface area (Å²) >= 11 is 0. The lowest BCUT2D eigenvalue weighted by Crippen LogP contribution is -2.02. The lowest BCUT2D eigenvalue weighted by Gasteiger charge is -2.05. The van der Waals surface area contributed by atoms with E-state index in [0.29, 0.717) is 0 Å². The maximum absolute atomic E-state index is 10.5. The Labute approximate surface area is 89.8 Å². The minimum absolute atomic E-state index is 0.0989. The van der Waals surface area contributed by atoms with Crippen LogP contribution in [-0.2, 0) is 9.53 Å². The van der Waals surface area contributed by atoms with E-state index in [1.807, 2.05) is 37.3 Å². The van der Waals surface area contributed by atoms with Crippen molar-refractivity contribution in [2.45, 2.75) is 19.9 Å². The Morgan fingerprint density at radius 2 is 2.13 bits per heavy atom.